The second kappa shape index (κ2) is 8.89. The van der Waals surface area contributed by atoms with Gasteiger partial charge in [0.25, 0.3) is 0 Å². The average Bonchev–Trinajstić information content (AvgIpc) is 3.27. The van der Waals surface area contributed by atoms with Gasteiger partial charge in [-0.2, -0.15) is 5.10 Å². The zero-order valence-corrected chi connectivity index (χ0v) is 16.1. The minimum absolute atomic E-state index is 0.398. The van der Waals surface area contributed by atoms with E-state index in [1.165, 1.54) is 5.69 Å². The summed E-state index contributed by atoms with van der Waals surface area (Å²) in [5, 5.41) is 11.1. The maximum atomic E-state index is 4.67. The molecule has 0 radical (unpaired) electrons. The van der Waals surface area contributed by atoms with Crippen LogP contribution in [0.1, 0.15) is 13.3 Å². The fourth-order valence-corrected chi connectivity index (χ4v) is 3.55. The van der Waals surface area contributed by atoms with Crippen molar-refractivity contribution in [2.75, 3.05) is 31.1 Å². The number of aliphatic imine (C=N–C) groups is 1. The van der Waals surface area contributed by atoms with Gasteiger partial charge in [0.05, 0.1) is 18.8 Å². The summed E-state index contributed by atoms with van der Waals surface area (Å²) in [5.74, 6) is 0.883. The van der Waals surface area contributed by atoms with Gasteiger partial charge in [-0.3, -0.25) is 9.67 Å². The lowest BCUT2D eigenvalue weighted by Gasteiger charge is -2.21. The summed E-state index contributed by atoms with van der Waals surface area (Å²) in [6, 6.07) is 10.7. The molecule has 0 amide bonds. The van der Waals surface area contributed by atoms with Crippen molar-refractivity contribution in [2.45, 2.75) is 25.9 Å². The van der Waals surface area contributed by atoms with Crippen LogP contribution in [0.5, 0.6) is 0 Å². The molecule has 1 saturated heterocycles. The molecule has 25 heavy (non-hydrogen) atoms. The first-order valence-electron chi connectivity index (χ1n) is 8.78. The maximum Gasteiger partial charge on any atom is 0.191 e. The number of hydrogen-bond acceptors (Lipinski definition) is 3. The second-order valence-corrected chi connectivity index (χ2v) is 6.91. The third-order valence-corrected chi connectivity index (χ3v) is 4.90. The van der Waals surface area contributed by atoms with Crippen molar-refractivity contribution in [3.8, 4) is 0 Å². The average molecular weight is 405 g/mol. The molecule has 1 atom stereocenters. The van der Waals surface area contributed by atoms with Crippen molar-refractivity contribution in [1.82, 2.24) is 20.4 Å². The molecule has 3 rings (SSSR count). The molecule has 2 N–H and O–H groups in total. The number of para-hydroxylation sites is 1. The molecule has 1 fully saturated rings. The number of halogens is 1. The summed E-state index contributed by atoms with van der Waals surface area (Å²) in [6.45, 7) is 6.47. The highest BCUT2D eigenvalue weighted by Crippen LogP contribution is 2.28. The van der Waals surface area contributed by atoms with E-state index in [0.717, 1.165) is 43.0 Å². The zero-order chi connectivity index (χ0) is 17.5. The highest BCUT2D eigenvalue weighted by atomic mass is 79.9. The van der Waals surface area contributed by atoms with Gasteiger partial charge in [-0.25, -0.2) is 0 Å². The van der Waals surface area contributed by atoms with Crippen molar-refractivity contribution in [3.63, 3.8) is 0 Å². The van der Waals surface area contributed by atoms with Crippen molar-refractivity contribution in [3.05, 3.63) is 47.2 Å². The van der Waals surface area contributed by atoms with E-state index in [2.05, 4.69) is 72.7 Å². The first-order valence-corrected chi connectivity index (χ1v) is 9.57. The Balaban J connectivity index is 1.54. The molecule has 1 aromatic heterocycles. The minimum atomic E-state index is 0.398. The van der Waals surface area contributed by atoms with E-state index in [1.807, 2.05) is 16.9 Å². The van der Waals surface area contributed by atoms with Gasteiger partial charge >= 0.3 is 0 Å². The van der Waals surface area contributed by atoms with Crippen LogP contribution < -0.4 is 15.5 Å². The Kier molecular flexibility index (Phi) is 6.33. The molecule has 0 saturated carbocycles. The van der Waals surface area contributed by atoms with Crippen LogP contribution in [0, 0.1) is 0 Å². The second-order valence-electron chi connectivity index (χ2n) is 6.06. The number of anilines is 1. The summed E-state index contributed by atoms with van der Waals surface area (Å²) >= 11 is 3.65. The normalized spacial score (nSPS) is 17.8. The van der Waals surface area contributed by atoms with Crippen LogP contribution in [-0.4, -0.2) is 48.0 Å². The van der Waals surface area contributed by atoms with Crippen LogP contribution in [0.2, 0.25) is 0 Å². The number of nitrogens with one attached hydrogen (secondary N) is 2. The third kappa shape index (κ3) is 4.98. The van der Waals surface area contributed by atoms with Crippen molar-refractivity contribution >= 4 is 27.6 Å². The first kappa shape index (κ1) is 17.8. The van der Waals surface area contributed by atoms with E-state index in [4.69, 9.17) is 0 Å². The molecular formula is C18H25BrN6. The minimum Gasteiger partial charge on any atom is -0.368 e. The first-order chi connectivity index (χ1) is 12.3. The quantitative estimate of drug-likeness (QED) is 0.573. The SMILES string of the molecule is CCNC(=NCCn1cccn1)NC1CCN(c2ccccc2Br)C1. The topological polar surface area (TPSA) is 57.5 Å². The van der Waals surface area contributed by atoms with Gasteiger partial charge in [-0.05, 0) is 47.5 Å². The maximum absolute atomic E-state index is 4.67. The van der Waals surface area contributed by atoms with Gasteiger partial charge in [0.2, 0.25) is 0 Å². The van der Waals surface area contributed by atoms with Gasteiger partial charge in [-0.1, -0.05) is 12.1 Å². The molecule has 2 heterocycles. The van der Waals surface area contributed by atoms with Crippen LogP contribution in [0.15, 0.2) is 52.2 Å². The smallest absolute Gasteiger partial charge is 0.191 e. The van der Waals surface area contributed by atoms with Gasteiger partial charge in [0, 0.05) is 42.5 Å². The standard InChI is InChI=1S/C18H25BrN6/c1-2-20-18(21-10-13-25-11-5-9-22-25)23-15-8-12-24(14-15)17-7-4-3-6-16(17)19/h3-7,9,11,15H,2,8,10,12-14H2,1H3,(H2,20,21,23). The predicted molar refractivity (Wildman–Crippen MR) is 106 cm³/mol. The Bertz CT molecular complexity index is 685. The molecule has 1 aliphatic heterocycles. The third-order valence-electron chi connectivity index (χ3n) is 4.22. The van der Waals surface area contributed by atoms with E-state index in [0.29, 0.717) is 12.6 Å². The Morgan fingerprint density at radius 1 is 1.36 bits per heavy atom. The summed E-state index contributed by atoms with van der Waals surface area (Å²) in [4.78, 5) is 7.08. The molecular weight excluding hydrogens is 380 g/mol. The fourth-order valence-electron chi connectivity index (χ4n) is 3.02. The van der Waals surface area contributed by atoms with Crippen LogP contribution in [-0.2, 0) is 6.54 Å². The molecule has 0 bridgehead atoms. The summed E-state index contributed by atoms with van der Waals surface area (Å²) in [6.07, 6.45) is 4.86. The van der Waals surface area contributed by atoms with E-state index in [1.54, 1.807) is 6.20 Å². The lowest BCUT2D eigenvalue weighted by atomic mass is 10.3. The molecule has 134 valence electrons. The summed E-state index contributed by atoms with van der Waals surface area (Å²) in [7, 11) is 0. The molecule has 1 aromatic carbocycles. The van der Waals surface area contributed by atoms with Gasteiger partial charge in [-0.15, -0.1) is 0 Å². The molecule has 6 nitrogen and oxygen atoms in total. The van der Waals surface area contributed by atoms with Crippen molar-refractivity contribution in [2.24, 2.45) is 4.99 Å². The predicted octanol–water partition coefficient (Wildman–Crippen LogP) is 2.48. The molecule has 0 spiro atoms. The largest absolute Gasteiger partial charge is 0.368 e. The number of aromatic nitrogens is 2. The molecule has 1 unspecified atom stereocenters. The molecule has 0 aliphatic carbocycles. The van der Waals surface area contributed by atoms with Crippen LogP contribution in [0.25, 0.3) is 0 Å². The Morgan fingerprint density at radius 3 is 3.00 bits per heavy atom. The van der Waals surface area contributed by atoms with Gasteiger partial charge < -0.3 is 15.5 Å². The Hall–Kier alpha value is -2.02. The van der Waals surface area contributed by atoms with Crippen LogP contribution in [0.4, 0.5) is 5.69 Å². The van der Waals surface area contributed by atoms with E-state index in [-0.39, 0.29) is 0 Å². The molecule has 2 aromatic rings. The molecule has 1 aliphatic rings. The monoisotopic (exact) mass is 404 g/mol. The van der Waals surface area contributed by atoms with Crippen molar-refractivity contribution < 1.29 is 0 Å². The number of guanidine groups is 1. The van der Waals surface area contributed by atoms with Crippen LogP contribution in [0.3, 0.4) is 0 Å². The lowest BCUT2D eigenvalue weighted by Crippen LogP contribution is -2.44. The molecule has 7 heteroatoms. The zero-order valence-electron chi connectivity index (χ0n) is 14.5. The fraction of sp³-hybridized carbons (Fsp3) is 0.444. The van der Waals surface area contributed by atoms with Gasteiger partial charge in [0.15, 0.2) is 5.96 Å². The Morgan fingerprint density at radius 2 is 2.24 bits per heavy atom. The van der Waals surface area contributed by atoms with E-state index >= 15 is 0 Å². The van der Waals surface area contributed by atoms with Crippen molar-refractivity contribution in [1.29, 1.82) is 0 Å². The summed E-state index contributed by atoms with van der Waals surface area (Å²) in [5.41, 5.74) is 1.26. The summed E-state index contributed by atoms with van der Waals surface area (Å²) < 4.78 is 3.05. The van der Waals surface area contributed by atoms with E-state index in [9.17, 15) is 0 Å². The number of hydrogen-bond donors (Lipinski definition) is 2. The Labute approximate surface area is 157 Å². The highest BCUT2D eigenvalue weighted by molar-refractivity contribution is 9.10. The highest BCUT2D eigenvalue weighted by Gasteiger charge is 2.24. The van der Waals surface area contributed by atoms with E-state index < -0.39 is 0 Å². The lowest BCUT2D eigenvalue weighted by molar-refractivity contribution is 0.613. The number of benzene rings is 1. The number of nitrogens with zero attached hydrogens (tertiary/aromatic N) is 4. The van der Waals surface area contributed by atoms with Gasteiger partial charge in [0.1, 0.15) is 0 Å². The number of rotatable bonds is 6. The van der Waals surface area contributed by atoms with Crippen LogP contribution >= 0.6 is 15.9 Å².